The Labute approximate surface area is 109 Å². The average molecular weight is 272 g/mol. The first-order valence-corrected chi connectivity index (χ1v) is 5.57. The van der Waals surface area contributed by atoms with Gasteiger partial charge in [0.2, 0.25) is 5.76 Å². The van der Waals surface area contributed by atoms with Gasteiger partial charge in [-0.15, -0.1) is 0 Å². The molecule has 2 N–H and O–H groups in total. The third-order valence-corrected chi connectivity index (χ3v) is 1.72. The van der Waals surface area contributed by atoms with Crippen LogP contribution in [0, 0.1) is 0 Å². The molecular formula is C11H16N2O6. The lowest BCUT2D eigenvalue weighted by Gasteiger charge is -2.19. The Morgan fingerprint density at radius 3 is 2.68 bits per heavy atom. The number of nitrogens with zero attached hydrogens (tertiary/aromatic N) is 1. The number of carbonyl (C=O) groups is 2. The minimum atomic E-state index is -1.23. The molecule has 0 fully saturated rings. The minimum Gasteiger partial charge on any atom is -0.475 e. The summed E-state index contributed by atoms with van der Waals surface area (Å²) in [6, 6.07) is 1.15. The molecule has 8 nitrogen and oxygen atoms in total. The standard InChI is InChI=1S/C11H16N2O6/c1-11(2,3)18-10(16)12-4-5-17-8-6-7(9(14)15)19-13-8/h6H,4-5H2,1-3H3,(H,12,16)(H,14,15). The van der Waals surface area contributed by atoms with Crippen LogP contribution in [0.2, 0.25) is 0 Å². The molecule has 0 aromatic carbocycles. The van der Waals surface area contributed by atoms with E-state index in [0.29, 0.717) is 0 Å². The molecule has 0 bridgehead atoms. The number of carboxylic acid groups (broad SMARTS) is 1. The molecule has 8 heteroatoms. The average Bonchev–Trinajstić information content (AvgIpc) is 2.70. The highest BCUT2D eigenvalue weighted by atomic mass is 16.6. The number of carboxylic acids is 1. The molecule has 0 aliphatic heterocycles. The first kappa shape index (κ1) is 14.8. The summed E-state index contributed by atoms with van der Waals surface area (Å²) in [6.45, 7) is 5.58. The number of carbonyl (C=O) groups excluding carboxylic acids is 1. The number of hydrogen-bond acceptors (Lipinski definition) is 6. The number of nitrogens with one attached hydrogen (secondary N) is 1. The zero-order valence-electron chi connectivity index (χ0n) is 10.9. The van der Waals surface area contributed by atoms with Gasteiger partial charge in [-0.3, -0.25) is 0 Å². The van der Waals surface area contributed by atoms with Crippen molar-refractivity contribution < 1.29 is 28.7 Å². The van der Waals surface area contributed by atoms with Gasteiger partial charge >= 0.3 is 12.1 Å². The topological polar surface area (TPSA) is 111 Å². The fraction of sp³-hybridized carbons (Fsp3) is 0.545. The van der Waals surface area contributed by atoms with Crippen molar-refractivity contribution in [3.63, 3.8) is 0 Å². The lowest BCUT2D eigenvalue weighted by atomic mass is 10.2. The maximum atomic E-state index is 11.3. The summed E-state index contributed by atoms with van der Waals surface area (Å²) in [6.07, 6.45) is -0.553. The normalized spacial score (nSPS) is 10.9. The summed E-state index contributed by atoms with van der Waals surface area (Å²) in [7, 11) is 0. The highest BCUT2D eigenvalue weighted by molar-refractivity contribution is 5.84. The second-order valence-corrected chi connectivity index (χ2v) is 4.61. The van der Waals surface area contributed by atoms with E-state index in [1.54, 1.807) is 20.8 Å². The van der Waals surface area contributed by atoms with Crippen LogP contribution >= 0.6 is 0 Å². The number of aromatic carboxylic acids is 1. The van der Waals surface area contributed by atoms with Crippen LogP contribution in [-0.2, 0) is 4.74 Å². The fourth-order valence-corrected chi connectivity index (χ4v) is 1.05. The van der Waals surface area contributed by atoms with Crippen LogP contribution in [0.1, 0.15) is 31.3 Å². The second kappa shape index (κ2) is 6.07. The predicted molar refractivity (Wildman–Crippen MR) is 63.2 cm³/mol. The zero-order valence-corrected chi connectivity index (χ0v) is 10.9. The molecule has 19 heavy (non-hydrogen) atoms. The summed E-state index contributed by atoms with van der Waals surface area (Å²) in [5.41, 5.74) is -0.562. The Balaban J connectivity index is 2.23. The molecule has 0 atom stereocenters. The summed E-state index contributed by atoms with van der Waals surface area (Å²) < 4.78 is 14.6. The van der Waals surface area contributed by atoms with E-state index in [-0.39, 0.29) is 24.8 Å². The SMILES string of the molecule is CC(C)(C)OC(=O)NCCOc1cc(C(=O)O)on1. The van der Waals surface area contributed by atoms with Crippen LogP contribution in [0.25, 0.3) is 0 Å². The van der Waals surface area contributed by atoms with Crippen LogP contribution in [0.5, 0.6) is 5.88 Å². The highest BCUT2D eigenvalue weighted by Crippen LogP contribution is 2.10. The summed E-state index contributed by atoms with van der Waals surface area (Å²) in [4.78, 5) is 21.8. The number of amides is 1. The quantitative estimate of drug-likeness (QED) is 0.776. The summed E-state index contributed by atoms with van der Waals surface area (Å²) in [5, 5.41) is 14.5. The van der Waals surface area contributed by atoms with E-state index in [1.165, 1.54) is 0 Å². The van der Waals surface area contributed by atoms with E-state index in [1.807, 2.05) is 0 Å². The second-order valence-electron chi connectivity index (χ2n) is 4.61. The fourth-order valence-electron chi connectivity index (χ4n) is 1.05. The zero-order chi connectivity index (χ0) is 14.5. The molecule has 106 valence electrons. The van der Waals surface area contributed by atoms with E-state index >= 15 is 0 Å². The maximum Gasteiger partial charge on any atom is 0.407 e. The van der Waals surface area contributed by atoms with Gasteiger partial charge in [0.05, 0.1) is 12.6 Å². The van der Waals surface area contributed by atoms with Crippen molar-refractivity contribution in [3.05, 3.63) is 11.8 Å². The Kier molecular flexibility index (Phi) is 4.74. The van der Waals surface area contributed by atoms with E-state index in [4.69, 9.17) is 14.6 Å². The first-order chi connectivity index (χ1) is 8.78. The number of aromatic nitrogens is 1. The van der Waals surface area contributed by atoms with Crippen molar-refractivity contribution in [2.45, 2.75) is 26.4 Å². The Bertz CT molecular complexity index is 448. The largest absolute Gasteiger partial charge is 0.475 e. The smallest absolute Gasteiger partial charge is 0.407 e. The van der Waals surface area contributed by atoms with Crippen LogP contribution in [-0.4, -0.2) is 41.1 Å². The van der Waals surface area contributed by atoms with Crippen LogP contribution in [0.4, 0.5) is 4.79 Å². The molecule has 1 rings (SSSR count). The lowest BCUT2D eigenvalue weighted by Crippen LogP contribution is -2.34. The van der Waals surface area contributed by atoms with Gasteiger partial charge in [-0.05, 0) is 25.9 Å². The van der Waals surface area contributed by atoms with Crippen molar-refractivity contribution >= 4 is 12.1 Å². The van der Waals surface area contributed by atoms with E-state index in [9.17, 15) is 9.59 Å². The van der Waals surface area contributed by atoms with Crippen LogP contribution < -0.4 is 10.1 Å². The lowest BCUT2D eigenvalue weighted by molar-refractivity contribution is 0.0518. The summed E-state index contributed by atoms with van der Waals surface area (Å²) in [5.74, 6) is -1.49. The number of ether oxygens (including phenoxy) is 2. The molecule has 1 aromatic heterocycles. The molecule has 0 radical (unpaired) electrons. The van der Waals surface area contributed by atoms with Gasteiger partial charge in [-0.25, -0.2) is 9.59 Å². The van der Waals surface area contributed by atoms with E-state index in [2.05, 4.69) is 15.0 Å². The van der Waals surface area contributed by atoms with Gasteiger partial charge in [0.1, 0.15) is 12.2 Å². The maximum absolute atomic E-state index is 11.3. The van der Waals surface area contributed by atoms with Crippen LogP contribution in [0.3, 0.4) is 0 Å². The molecule has 1 heterocycles. The Hall–Kier alpha value is -2.25. The molecule has 0 unspecified atom stereocenters. The number of alkyl carbamates (subject to hydrolysis) is 1. The van der Waals surface area contributed by atoms with Crippen molar-refractivity contribution in [2.75, 3.05) is 13.2 Å². The third kappa shape index (κ3) is 5.75. The van der Waals surface area contributed by atoms with Gasteiger partial charge in [0, 0.05) is 0 Å². The number of rotatable bonds is 5. The molecule has 0 saturated heterocycles. The van der Waals surface area contributed by atoms with Gasteiger partial charge < -0.3 is 24.4 Å². The van der Waals surface area contributed by atoms with Crippen molar-refractivity contribution in [3.8, 4) is 5.88 Å². The molecule has 0 aliphatic rings. The summed E-state index contributed by atoms with van der Waals surface area (Å²) >= 11 is 0. The van der Waals surface area contributed by atoms with Gasteiger partial charge in [0.25, 0.3) is 5.88 Å². The van der Waals surface area contributed by atoms with E-state index < -0.39 is 17.7 Å². The van der Waals surface area contributed by atoms with Gasteiger partial charge in [0.15, 0.2) is 0 Å². The molecule has 0 saturated carbocycles. The highest BCUT2D eigenvalue weighted by Gasteiger charge is 2.15. The molecule has 1 aromatic rings. The minimum absolute atomic E-state index is 0.0448. The molecule has 0 aliphatic carbocycles. The van der Waals surface area contributed by atoms with Crippen molar-refractivity contribution in [2.24, 2.45) is 0 Å². The Morgan fingerprint density at radius 1 is 1.47 bits per heavy atom. The van der Waals surface area contributed by atoms with Crippen molar-refractivity contribution in [1.82, 2.24) is 10.5 Å². The van der Waals surface area contributed by atoms with Crippen LogP contribution in [0.15, 0.2) is 10.6 Å². The Morgan fingerprint density at radius 2 is 2.16 bits per heavy atom. The first-order valence-electron chi connectivity index (χ1n) is 5.57. The van der Waals surface area contributed by atoms with Gasteiger partial charge in [-0.2, -0.15) is 0 Å². The van der Waals surface area contributed by atoms with Gasteiger partial charge in [-0.1, -0.05) is 0 Å². The monoisotopic (exact) mass is 272 g/mol. The molecular weight excluding hydrogens is 256 g/mol. The molecule has 1 amide bonds. The van der Waals surface area contributed by atoms with E-state index in [0.717, 1.165) is 6.07 Å². The van der Waals surface area contributed by atoms with Crippen molar-refractivity contribution in [1.29, 1.82) is 0 Å². The number of hydrogen-bond donors (Lipinski definition) is 2. The predicted octanol–water partition coefficient (Wildman–Crippen LogP) is 1.28. The third-order valence-electron chi connectivity index (χ3n) is 1.72. The molecule has 0 spiro atoms.